The van der Waals surface area contributed by atoms with Gasteiger partial charge in [0.15, 0.2) is 5.17 Å². The molecule has 0 unspecified atom stereocenters. The number of anilines is 1. The van der Waals surface area contributed by atoms with E-state index >= 15 is 0 Å². The molecule has 1 aromatic carbocycles. The van der Waals surface area contributed by atoms with Gasteiger partial charge >= 0.3 is 0 Å². The van der Waals surface area contributed by atoms with Crippen LogP contribution < -0.4 is 10.7 Å². The van der Waals surface area contributed by atoms with Crippen molar-refractivity contribution in [2.75, 3.05) is 24.2 Å². The smallest absolute Gasteiger partial charge is 0.224 e. The summed E-state index contributed by atoms with van der Waals surface area (Å²) in [7, 11) is 0. The van der Waals surface area contributed by atoms with E-state index in [1.54, 1.807) is 11.8 Å². The maximum Gasteiger partial charge on any atom is 0.224 e. The summed E-state index contributed by atoms with van der Waals surface area (Å²) in [6, 6.07) is 7.81. The summed E-state index contributed by atoms with van der Waals surface area (Å²) in [5.41, 5.74) is 5.87. The lowest BCUT2D eigenvalue weighted by molar-refractivity contribution is -0.116. The molecule has 0 saturated carbocycles. The summed E-state index contributed by atoms with van der Waals surface area (Å²) >= 11 is 1.65. The maximum atomic E-state index is 11.8. The molecule has 140 valence electrons. The van der Waals surface area contributed by atoms with Crippen molar-refractivity contribution in [3.05, 3.63) is 29.8 Å². The van der Waals surface area contributed by atoms with Crippen LogP contribution in [0.25, 0.3) is 0 Å². The Balaban J connectivity index is 1.53. The zero-order valence-electron chi connectivity index (χ0n) is 15.3. The van der Waals surface area contributed by atoms with Gasteiger partial charge in [0.2, 0.25) is 5.91 Å². The molecule has 1 fully saturated rings. The Morgan fingerprint density at radius 3 is 2.85 bits per heavy atom. The zero-order chi connectivity index (χ0) is 18.4. The van der Waals surface area contributed by atoms with Crippen LogP contribution in [0.3, 0.4) is 0 Å². The fraction of sp³-hybridized carbons (Fsp3) is 0.526. The van der Waals surface area contributed by atoms with Gasteiger partial charge in [-0.2, -0.15) is 5.10 Å². The average Bonchev–Trinajstić information content (AvgIpc) is 3.14. The molecule has 1 saturated heterocycles. The second kappa shape index (κ2) is 9.19. The van der Waals surface area contributed by atoms with E-state index < -0.39 is 0 Å². The second-order valence-corrected chi connectivity index (χ2v) is 7.93. The molecule has 0 radical (unpaired) electrons. The molecule has 2 N–H and O–H groups in total. The number of amides is 1. The van der Waals surface area contributed by atoms with Crippen LogP contribution in [0.2, 0.25) is 0 Å². The third-order valence-corrected chi connectivity index (χ3v) is 5.10. The Kier molecular flexibility index (Phi) is 6.68. The minimum absolute atomic E-state index is 0.0482. The van der Waals surface area contributed by atoms with Crippen LogP contribution in [0.15, 0.2) is 34.4 Å². The van der Waals surface area contributed by atoms with Gasteiger partial charge in [0, 0.05) is 24.5 Å². The minimum Gasteiger partial charge on any atom is -0.376 e. The number of carbonyl (C=O) groups excluding carboxylic acids is 1. The van der Waals surface area contributed by atoms with Crippen molar-refractivity contribution >= 4 is 34.2 Å². The molecule has 0 bridgehead atoms. The van der Waals surface area contributed by atoms with Crippen LogP contribution in [0.5, 0.6) is 0 Å². The largest absolute Gasteiger partial charge is 0.376 e. The number of nitrogens with zero attached hydrogens (tertiary/aromatic N) is 2. The first-order chi connectivity index (χ1) is 12.6. The Hall–Kier alpha value is -1.86. The van der Waals surface area contributed by atoms with Crippen LogP contribution in [0, 0.1) is 5.92 Å². The van der Waals surface area contributed by atoms with Crippen molar-refractivity contribution < 1.29 is 9.53 Å². The van der Waals surface area contributed by atoms with E-state index in [0.29, 0.717) is 18.9 Å². The molecule has 2 heterocycles. The van der Waals surface area contributed by atoms with Crippen LogP contribution in [-0.2, 0) is 9.53 Å². The zero-order valence-corrected chi connectivity index (χ0v) is 16.1. The van der Waals surface area contributed by atoms with Gasteiger partial charge in [0.05, 0.1) is 18.4 Å². The molecule has 1 aromatic rings. The molecule has 0 aliphatic carbocycles. The van der Waals surface area contributed by atoms with Crippen molar-refractivity contribution in [2.24, 2.45) is 16.0 Å². The normalized spacial score (nSPS) is 21.6. The highest BCUT2D eigenvalue weighted by molar-refractivity contribution is 8.14. The van der Waals surface area contributed by atoms with Gasteiger partial charge in [0.25, 0.3) is 0 Å². The van der Waals surface area contributed by atoms with Crippen molar-refractivity contribution in [3.63, 3.8) is 0 Å². The number of ether oxygens (including phenoxy) is 1. The summed E-state index contributed by atoms with van der Waals surface area (Å²) in [6.45, 7) is 5.62. The molecule has 1 amide bonds. The summed E-state index contributed by atoms with van der Waals surface area (Å²) < 4.78 is 5.58. The van der Waals surface area contributed by atoms with Crippen molar-refractivity contribution in [2.45, 2.75) is 39.2 Å². The Bertz CT molecular complexity index is 679. The molecule has 2 aliphatic heterocycles. The monoisotopic (exact) mass is 374 g/mol. The summed E-state index contributed by atoms with van der Waals surface area (Å²) in [6.07, 6.45) is 3.01. The molecule has 26 heavy (non-hydrogen) atoms. The van der Waals surface area contributed by atoms with Crippen LogP contribution in [-0.4, -0.2) is 41.8 Å². The van der Waals surface area contributed by atoms with Gasteiger partial charge in [-0.25, -0.2) is 0 Å². The third kappa shape index (κ3) is 5.57. The molecule has 0 aromatic heterocycles. The number of hydrogen-bond acceptors (Lipinski definition) is 5. The lowest BCUT2D eigenvalue weighted by Crippen LogP contribution is -2.26. The standard InChI is InChI=1S/C19H26N4O2S/c1-13(2)10-18(24)21-15-7-5-14(6-8-15)17-12-26-19(23-22-17)20-11-16-4-3-9-25-16/h5-8,13,16H,3-4,9-12H2,1-2H3,(H,20,23)(H,21,24)/t16-/m0/s1. The fourth-order valence-electron chi connectivity index (χ4n) is 2.85. The van der Waals surface area contributed by atoms with E-state index in [1.165, 1.54) is 0 Å². The first-order valence-electron chi connectivity index (χ1n) is 9.12. The van der Waals surface area contributed by atoms with Gasteiger partial charge in [-0.05, 0) is 36.5 Å². The first kappa shape index (κ1) is 18.9. The molecule has 1 atom stereocenters. The second-order valence-electron chi connectivity index (χ2n) is 6.96. The van der Waals surface area contributed by atoms with Crippen LogP contribution >= 0.6 is 11.8 Å². The van der Waals surface area contributed by atoms with Gasteiger partial charge < -0.3 is 10.1 Å². The Labute approximate surface area is 158 Å². The third-order valence-electron chi connectivity index (χ3n) is 4.19. The molecule has 3 rings (SSSR count). The molecular weight excluding hydrogens is 348 g/mol. The van der Waals surface area contributed by atoms with Gasteiger partial charge in [-0.1, -0.05) is 37.7 Å². The van der Waals surface area contributed by atoms with E-state index in [-0.39, 0.29) is 12.0 Å². The Morgan fingerprint density at radius 1 is 1.42 bits per heavy atom. The number of rotatable bonds is 6. The van der Waals surface area contributed by atoms with E-state index in [0.717, 1.165) is 47.3 Å². The lowest BCUT2D eigenvalue weighted by atomic mass is 10.1. The van der Waals surface area contributed by atoms with Crippen molar-refractivity contribution in [3.8, 4) is 0 Å². The van der Waals surface area contributed by atoms with E-state index in [2.05, 4.69) is 20.8 Å². The summed E-state index contributed by atoms with van der Waals surface area (Å²) in [4.78, 5) is 16.4. The molecule has 7 heteroatoms. The van der Waals surface area contributed by atoms with Crippen molar-refractivity contribution in [1.29, 1.82) is 0 Å². The lowest BCUT2D eigenvalue weighted by Gasteiger charge is -2.16. The highest BCUT2D eigenvalue weighted by atomic mass is 32.2. The van der Waals surface area contributed by atoms with E-state index in [1.807, 2.05) is 38.1 Å². The van der Waals surface area contributed by atoms with Gasteiger partial charge in [-0.15, -0.1) is 0 Å². The molecule has 0 spiro atoms. The maximum absolute atomic E-state index is 11.8. The number of hydrazone groups is 1. The fourth-order valence-corrected chi connectivity index (χ4v) is 3.63. The number of hydrogen-bond donors (Lipinski definition) is 2. The summed E-state index contributed by atoms with van der Waals surface area (Å²) in [5, 5.41) is 8.22. The van der Waals surface area contributed by atoms with Gasteiger partial charge in [-0.3, -0.25) is 15.2 Å². The highest BCUT2D eigenvalue weighted by Crippen LogP contribution is 2.18. The predicted molar refractivity (Wildman–Crippen MR) is 108 cm³/mol. The quantitative estimate of drug-likeness (QED) is 0.801. The number of amidine groups is 1. The van der Waals surface area contributed by atoms with Crippen LogP contribution in [0.4, 0.5) is 5.69 Å². The minimum atomic E-state index is 0.0482. The predicted octanol–water partition coefficient (Wildman–Crippen LogP) is 3.25. The number of thioether (sulfide) groups is 1. The number of nitrogens with one attached hydrogen (secondary N) is 2. The number of benzene rings is 1. The van der Waals surface area contributed by atoms with E-state index in [9.17, 15) is 4.79 Å². The SMILES string of the molecule is CC(C)CC(=O)Nc1ccc(C2=NNC(=NC[C@@H]3CCCO3)SC2)cc1. The van der Waals surface area contributed by atoms with E-state index in [4.69, 9.17) is 4.74 Å². The van der Waals surface area contributed by atoms with Crippen LogP contribution in [0.1, 0.15) is 38.7 Å². The summed E-state index contributed by atoms with van der Waals surface area (Å²) in [5.74, 6) is 1.17. The average molecular weight is 375 g/mol. The Morgan fingerprint density at radius 2 is 2.23 bits per heavy atom. The number of carbonyl (C=O) groups is 1. The molecular formula is C19H26N4O2S. The molecule has 2 aliphatic rings. The van der Waals surface area contributed by atoms with Crippen molar-refractivity contribution in [1.82, 2.24) is 5.43 Å². The first-order valence-corrected chi connectivity index (χ1v) is 10.1. The highest BCUT2D eigenvalue weighted by Gasteiger charge is 2.17. The number of aliphatic imine (C=N–C) groups is 1. The molecule has 6 nitrogen and oxygen atoms in total. The van der Waals surface area contributed by atoms with Gasteiger partial charge in [0.1, 0.15) is 0 Å². The topological polar surface area (TPSA) is 75.1 Å².